The van der Waals surface area contributed by atoms with Gasteiger partial charge in [0.15, 0.2) is 0 Å². The SMILES string of the molecule is CCC(=O)N1CCC(Oc2ccc(-c3ccc4c(Cl)ccnc4c3)cc2)CC1.O=C([C@H]1CCCO1)N1CCC(Oc2ccc(-c3ccc4cccnc4c3Cl)cc2)CC1. The quantitative estimate of drug-likeness (QED) is 0.151. The Hall–Kier alpha value is -5.22. The lowest BCUT2D eigenvalue weighted by atomic mass is 10.0. The van der Waals surface area contributed by atoms with E-state index in [1.165, 1.54) is 0 Å². The Kier molecular flexibility index (Phi) is 12.9. The molecule has 304 valence electrons. The molecule has 3 saturated heterocycles. The molecule has 59 heavy (non-hydrogen) atoms. The van der Waals surface area contributed by atoms with Gasteiger partial charge in [-0.15, -0.1) is 0 Å². The van der Waals surface area contributed by atoms with Gasteiger partial charge in [-0.25, -0.2) is 0 Å². The predicted molar refractivity (Wildman–Crippen MR) is 234 cm³/mol. The molecule has 9 nitrogen and oxygen atoms in total. The summed E-state index contributed by atoms with van der Waals surface area (Å²) in [5.41, 5.74) is 5.90. The maximum absolute atomic E-state index is 12.5. The molecule has 0 bridgehead atoms. The van der Waals surface area contributed by atoms with Crippen LogP contribution in [0.25, 0.3) is 44.1 Å². The maximum atomic E-state index is 12.5. The number of rotatable bonds is 8. The van der Waals surface area contributed by atoms with Gasteiger partial charge >= 0.3 is 0 Å². The number of carbonyl (C=O) groups is 2. The Balaban J connectivity index is 0.000000165. The van der Waals surface area contributed by atoms with E-state index in [9.17, 15) is 9.59 Å². The average Bonchev–Trinajstić information content (AvgIpc) is 3.83. The number of halogens is 2. The van der Waals surface area contributed by atoms with Crippen LogP contribution in [0.1, 0.15) is 51.9 Å². The molecule has 0 spiro atoms. The molecule has 0 saturated carbocycles. The number of nitrogens with zero attached hydrogens (tertiary/aromatic N) is 4. The molecule has 0 N–H and O–H groups in total. The fourth-order valence-corrected chi connectivity index (χ4v) is 8.61. The molecule has 5 heterocycles. The lowest BCUT2D eigenvalue weighted by Gasteiger charge is -2.33. The van der Waals surface area contributed by atoms with Crippen molar-refractivity contribution in [1.82, 2.24) is 19.8 Å². The minimum absolute atomic E-state index is 0.118. The van der Waals surface area contributed by atoms with E-state index in [1.54, 1.807) is 18.5 Å². The van der Waals surface area contributed by atoms with Gasteiger partial charge in [-0.3, -0.25) is 19.6 Å². The van der Waals surface area contributed by atoms with Gasteiger partial charge in [0.05, 0.1) is 21.1 Å². The van der Waals surface area contributed by atoms with E-state index in [0.29, 0.717) is 23.1 Å². The van der Waals surface area contributed by atoms with Crippen molar-refractivity contribution in [2.24, 2.45) is 0 Å². The zero-order chi connectivity index (χ0) is 40.7. The topological polar surface area (TPSA) is 94.1 Å². The number of amides is 2. The van der Waals surface area contributed by atoms with Crippen LogP contribution in [0.5, 0.6) is 11.5 Å². The number of benzene rings is 4. The van der Waals surface area contributed by atoms with E-state index in [-0.39, 0.29) is 30.1 Å². The molecule has 3 aliphatic heterocycles. The van der Waals surface area contributed by atoms with Crippen LogP contribution in [0.4, 0.5) is 0 Å². The second-order valence-corrected chi connectivity index (χ2v) is 16.1. The van der Waals surface area contributed by atoms with Crippen molar-refractivity contribution < 1.29 is 23.8 Å². The number of hydrogen-bond acceptors (Lipinski definition) is 7. The molecule has 2 aromatic heterocycles. The van der Waals surface area contributed by atoms with Crippen LogP contribution in [0.15, 0.2) is 109 Å². The number of pyridine rings is 2. The fourth-order valence-electron chi connectivity index (χ4n) is 8.07. The van der Waals surface area contributed by atoms with Crippen LogP contribution in [-0.4, -0.2) is 82.7 Å². The van der Waals surface area contributed by atoms with Crippen molar-refractivity contribution in [3.8, 4) is 33.8 Å². The van der Waals surface area contributed by atoms with E-state index in [4.69, 9.17) is 37.4 Å². The summed E-state index contributed by atoms with van der Waals surface area (Å²) in [4.78, 5) is 37.0. The fraction of sp³-hybridized carbons (Fsp3) is 0.333. The molecule has 0 radical (unpaired) electrons. The molecule has 11 heteroatoms. The normalized spacial score (nSPS) is 17.4. The number of fused-ring (bicyclic) bond motifs is 2. The summed E-state index contributed by atoms with van der Waals surface area (Å²) in [6.45, 7) is 5.62. The van der Waals surface area contributed by atoms with Gasteiger partial charge in [-0.05, 0) is 72.0 Å². The van der Waals surface area contributed by atoms with E-state index >= 15 is 0 Å². The van der Waals surface area contributed by atoms with Gasteiger partial charge in [0.1, 0.15) is 29.8 Å². The van der Waals surface area contributed by atoms with Crippen molar-refractivity contribution in [2.45, 2.75) is 70.2 Å². The largest absolute Gasteiger partial charge is 0.490 e. The van der Waals surface area contributed by atoms with Crippen molar-refractivity contribution >= 4 is 56.8 Å². The van der Waals surface area contributed by atoms with Crippen molar-refractivity contribution in [3.05, 3.63) is 120 Å². The Labute approximate surface area is 355 Å². The summed E-state index contributed by atoms with van der Waals surface area (Å²) >= 11 is 12.8. The highest BCUT2D eigenvalue weighted by atomic mass is 35.5. The van der Waals surface area contributed by atoms with Crippen molar-refractivity contribution in [3.63, 3.8) is 0 Å². The van der Waals surface area contributed by atoms with E-state index in [0.717, 1.165) is 120 Å². The Bertz CT molecular complexity index is 2390. The van der Waals surface area contributed by atoms with Crippen LogP contribution >= 0.6 is 23.2 Å². The number of aromatic nitrogens is 2. The first-order chi connectivity index (χ1) is 28.8. The molecule has 6 aromatic rings. The lowest BCUT2D eigenvalue weighted by Crippen LogP contribution is -2.45. The summed E-state index contributed by atoms with van der Waals surface area (Å²) in [7, 11) is 0. The summed E-state index contributed by atoms with van der Waals surface area (Å²) in [5.74, 6) is 2.07. The molecule has 3 fully saturated rings. The summed E-state index contributed by atoms with van der Waals surface area (Å²) in [6, 6.07) is 32.1. The lowest BCUT2D eigenvalue weighted by molar-refractivity contribution is -0.142. The smallest absolute Gasteiger partial charge is 0.251 e. The molecule has 4 aromatic carbocycles. The molecule has 2 amide bonds. The van der Waals surface area contributed by atoms with Crippen molar-refractivity contribution in [2.75, 3.05) is 32.8 Å². The third-order valence-electron chi connectivity index (χ3n) is 11.4. The number of ether oxygens (including phenoxy) is 3. The van der Waals surface area contributed by atoms with E-state index in [2.05, 4.69) is 34.2 Å². The first kappa shape index (κ1) is 40.6. The number of hydrogen-bond donors (Lipinski definition) is 0. The first-order valence-corrected chi connectivity index (χ1v) is 21.4. The third-order valence-corrected chi connectivity index (χ3v) is 12.1. The van der Waals surface area contributed by atoms with Gasteiger partial charge in [0.2, 0.25) is 5.91 Å². The molecule has 0 aliphatic carbocycles. The zero-order valence-electron chi connectivity index (χ0n) is 33.2. The minimum Gasteiger partial charge on any atom is -0.490 e. The van der Waals surface area contributed by atoms with E-state index in [1.807, 2.05) is 83.5 Å². The molecular formula is C48H48Cl2N4O5. The number of likely N-dealkylation sites (tertiary alicyclic amines) is 2. The molecule has 9 rings (SSSR count). The highest BCUT2D eigenvalue weighted by molar-refractivity contribution is 6.38. The first-order valence-electron chi connectivity index (χ1n) is 20.6. The second kappa shape index (κ2) is 18.8. The Morgan fingerprint density at radius 2 is 1.36 bits per heavy atom. The molecular weight excluding hydrogens is 783 g/mol. The Morgan fingerprint density at radius 1 is 0.712 bits per heavy atom. The monoisotopic (exact) mass is 830 g/mol. The van der Waals surface area contributed by atoms with Gasteiger partial charge in [-0.2, -0.15) is 0 Å². The van der Waals surface area contributed by atoms with Crippen LogP contribution in [0.3, 0.4) is 0 Å². The minimum atomic E-state index is -0.234. The summed E-state index contributed by atoms with van der Waals surface area (Å²) in [6.07, 6.45) is 9.36. The highest BCUT2D eigenvalue weighted by Gasteiger charge is 2.31. The third kappa shape index (κ3) is 9.65. The van der Waals surface area contributed by atoms with Crippen LogP contribution in [0, 0.1) is 0 Å². The Morgan fingerprint density at radius 3 is 2.00 bits per heavy atom. The molecule has 1 atom stereocenters. The van der Waals surface area contributed by atoms with Crippen molar-refractivity contribution in [1.29, 1.82) is 0 Å². The highest BCUT2D eigenvalue weighted by Crippen LogP contribution is 2.35. The van der Waals surface area contributed by atoms with Crippen LogP contribution in [-0.2, 0) is 14.3 Å². The molecule has 0 unspecified atom stereocenters. The van der Waals surface area contributed by atoms with Gasteiger partial charge in [0, 0.05) is 93.6 Å². The summed E-state index contributed by atoms with van der Waals surface area (Å²) in [5, 5.41) is 3.36. The maximum Gasteiger partial charge on any atom is 0.251 e. The summed E-state index contributed by atoms with van der Waals surface area (Å²) < 4.78 is 17.8. The number of carbonyl (C=O) groups excluding carboxylic acids is 2. The van der Waals surface area contributed by atoms with Crippen LogP contribution in [0.2, 0.25) is 10.0 Å². The van der Waals surface area contributed by atoms with Gasteiger partial charge < -0.3 is 24.0 Å². The van der Waals surface area contributed by atoms with Gasteiger partial charge in [-0.1, -0.05) is 84.7 Å². The zero-order valence-corrected chi connectivity index (χ0v) is 34.7. The van der Waals surface area contributed by atoms with Gasteiger partial charge in [0.25, 0.3) is 5.91 Å². The van der Waals surface area contributed by atoms with Crippen LogP contribution < -0.4 is 9.47 Å². The standard InChI is InChI=1S/C25H25ClN2O3.C23H23ClN2O2/c26-23-21(10-7-18-3-1-13-27-24(18)23)17-5-8-19(9-6-17)31-20-11-14-28(15-12-20)25(29)22-4-2-16-30-22;1-2-23(27)26-13-10-19(11-14-26)28-18-6-3-16(4-7-18)17-5-8-20-21(24)9-12-25-22(20)15-17/h1,3,5-10,13,20,22H,2,4,11-12,14-16H2;3-9,12,15,19H,2,10-11,13-14H2,1H3/t22-;/m1./s1. The average molecular weight is 832 g/mol. The van der Waals surface area contributed by atoms with E-state index < -0.39 is 0 Å². The number of piperidine rings is 2. The predicted octanol–water partition coefficient (Wildman–Crippen LogP) is 10.4. The molecule has 3 aliphatic rings. The second-order valence-electron chi connectivity index (χ2n) is 15.3.